The molecule has 0 bridgehead atoms. The van der Waals surface area contributed by atoms with Crippen molar-refractivity contribution in [3.63, 3.8) is 0 Å². The molecule has 5 heteroatoms. The van der Waals surface area contributed by atoms with Crippen molar-refractivity contribution >= 4 is 19.9 Å². The number of benzene rings is 1. The average Bonchev–Trinajstić information content (AvgIpc) is 3.00. The largest absolute Gasteiger partial charge is 0.408 e. The van der Waals surface area contributed by atoms with Crippen LogP contribution >= 0.6 is 11.6 Å². The third-order valence-corrected chi connectivity index (χ3v) is 12.6. The van der Waals surface area contributed by atoms with E-state index in [2.05, 4.69) is 39.9 Å². The maximum absolute atomic E-state index is 14.7. The van der Waals surface area contributed by atoms with Gasteiger partial charge in [-0.2, -0.15) is 0 Å². The number of nitrogens with one attached hydrogen (secondary N) is 1. The monoisotopic (exact) mass is 411 g/mol. The molecule has 2 nitrogen and oxygen atoms in total. The Morgan fingerprint density at radius 3 is 2.30 bits per heavy atom. The van der Waals surface area contributed by atoms with Gasteiger partial charge in [-0.3, -0.25) is 0 Å². The summed E-state index contributed by atoms with van der Waals surface area (Å²) in [5, 5.41) is 4.18. The van der Waals surface area contributed by atoms with Gasteiger partial charge in [-0.1, -0.05) is 52.3 Å². The predicted molar refractivity (Wildman–Crippen MR) is 114 cm³/mol. The van der Waals surface area contributed by atoms with Gasteiger partial charge in [0.25, 0.3) is 0 Å². The lowest BCUT2D eigenvalue weighted by Crippen LogP contribution is -2.41. The van der Waals surface area contributed by atoms with Crippen LogP contribution in [0, 0.1) is 23.1 Å². The van der Waals surface area contributed by atoms with Gasteiger partial charge in [-0.05, 0) is 60.4 Å². The van der Waals surface area contributed by atoms with Gasteiger partial charge in [0.05, 0.1) is 6.10 Å². The first-order valence-corrected chi connectivity index (χ1v) is 13.5. The van der Waals surface area contributed by atoms with Crippen LogP contribution < -0.4 is 5.32 Å². The van der Waals surface area contributed by atoms with Crippen LogP contribution in [0.2, 0.25) is 23.2 Å². The summed E-state index contributed by atoms with van der Waals surface area (Å²) in [7, 11) is -1.88. The fourth-order valence-electron chi connectivity index (χ4n) is 5.27. The molecule has 0 radical (unpaired) electrons. The van der Waals surface area contributed by atoms with E-state index in [1.54, 1.807) is 12.1 Å². The van der Waals surface area contributed by atoms with Gasteiger partial charge in [0.2, 0.25) is 0 Å². The van der Waals surface area contributed by atoms with Crippen LogP contribution in [0.3, 0.4) is 0 Å². The summed E-state index contributed by atoms with van der Waals surface area (Å²) in [6.45, 7) is 12.0. The number of hydrogen-bond donors (Lipinski definition) is 1. The van der Waals surface area contributed by atoms with Gasteiger partial charge in [0.1, 0.15) is 5.82 Å². The fraction of sp³-hybridized carbons (Fsp3) is 0.727. The second kappa shape index (κ2) is 8.14. The van der Waals surface area contributed by atoms with E-state index in [1.807, 2.05) is 0 Å². The van der Waals surface area contributed by atoms with E-state index in [0.29, 0.717) is 28.6 Å². The zero-order valence-corrected chi connectivity index (χ0v) is 19.2. The van der Waals surface area contributed by atoms with Crippen molar-refractivity contribution in [1.82, 2.24) is 5.32 Å². The highest BCUT2D eigenvalue weighted by Gasteiger charge is 2.61. The first-order valence-electron chi connectivity index (χ1n) is 10.6. The normalized spacial score (nSPS) is 27.4. The van der Waals surface area contributed by atoms with Crippen molar-refractivity contribution in [2.45, 2.75) is 77.7 Å². The Hall–Kier alpha value is -0.423. The summed E-state index contributed by atoms with van der Waals surface area (Å²) >= 11 is 6.41. The molecule has 3 rings (SSSR count). The average molecular weight is 412 g/mol. The Balaban J connectivity index is 1.74. The standard InChI is InChI=1S/C22H35ClFNOSi/c1-6-27(7-2,8-3)26-20(21-18(23)10-9-11-19(21)24)14-25-15-12-16-17(13-15)22(16,4)5/h9-11,15-17,20,25H,6-8,12-14H2,1-5H3. The summed E-state index contributed by atoms with van der Waals surface area (Å²) in [6, 6.07) is 8.60. The topological polar surface area (TPSA) is 21.3 Å². The predicted octanol–water partition coefficient (Wildman–Crippen LogP) is 6.57. The zero-order chi connectivity index (χ0) is 19.8. The summed E-state index contributed by atoms with van der Waals surface area (Å²) in [5.41, 5.74) is 1.06. The minimum atomic E-state index is -1.88. The van der Waals surface area contributed by atoms with E-state index in [9.17, 15) is 4.39 Å². The maximum Gasteiger partial charge on any atom is 0.192 e. The van der Waals surface area contributed by atoms with Crippen molar-refractivity contribution in [2.24, 2.45) is 17.3 Å². The second-order valence-corrected chi connectivity index (χ2v) is 14.2. The molecule has 2 saturated carbocycles. The van der Waals surface area contributed by atoms with Crippen LogP contribution in [0.5, 0.6) is 0 Å². The van der Waals surface area contributed by atoms with E-state index in [-0.39, 0.29) is 11.9 Å². The van der Waals surface area contributed by atoms with Crippen LogP contribution in [0.1, 0.15) is 59.1 Å². The molecule has 1 aromatic rings. The van der Waals surface area contributed by atoms with Crippen LogP contribution in [-0.4, -0.2) is 20.9 Å². The lowest BCUT2D eigenvalue weighted by Gasteiger charge is -2.35. The minimum absolute atomic E-state index is 0.254. The third kappa shape index (κ3) is 4.14. The van der Waals surface area contributed by atoms with Crippen molar-refractivity contribution in [3.05, 3.63) is 34.6 Å². The molecular weight excluding hydrogens is 377 g/mol. The zero-order valence-electron chi connectivity index (χ0n) is 17.4. The Kier molecular flexibility index (Phi) is 6.41. The summed E-state index contributed by atoms with van der Waals surface area (Å²) < 4.78 is 21.4. The Bertz CT molecular complexity index is 621. The SMILES string of the molecule is CC[Si](CC)(CC)OC(CNC1CC2C(C1)C2(C)C)c1c(F)cccc1Cl. The summed E-state index contributed by atoms with van der Waals surface area (Å²) in [4.78, 5) is 0. The smallest absolute Gasteiger partial charge is 0.192 e. The van der Waals surface area contributed by atoms with E-state index in [1.165, 1.54) is 18.9 Å². The van der Waals surface area contributed by atoms with Crippen LogP contribution in [0.15, 0.2) is 18.2 Å². The summed E-state index contributed by atoms with van der Waals surface area (Å²) in [6.07, 6.45) is 2.15. The number of halogens is 2. The third-order valence-electron chi connectivity index (χ3n) is 7.60. The molecule has 27 heavy (non-hydrogen) atoms. The molecular formula is C22H35ClFNOSi. The number of hydrogen-bond acceptors (Lipinski definition) is 2. The number of rotatable bonds is 9. The Morgan fingerprint density at radius 1 is 1.19 bits per heavy atom. The van der Waals surface area contributed by atoms with E-state index >= 15 is 0 Å². The van der Waals surface area contributed by atoms with E-state index in [4.69, 9.17) is 16.0 Å². The maximum atomic E-state index is 14.7. The Labute approximate surface area is 170 Å². The van der Waals surface area contributed by atoms with Gasteiger partial charge in [-0.15, -0.1) is 0 Å². The van der Waals surface area contributed by atoms with Gasteiger partial charge < -0.3 is 9.74 Å². The van der Waals surface area contributed by atoms with E-state index < -0.39 is 8.32 Å². The first kappa shape index (κ1) is 21.3. The van der Waals surface area contributed by atoms with Gasteiger partial charge >= 0.3 is 0 Å². The molecule has 0 saturated heterocycles. The molecule has 2 aliphatic rings. The molecule has 2 fully saturated rings. The molecule has 1 aromatic carbocycles. The molecule has 0 aliphatic heterocycles. The highest BCUT2D eigenvalue weighted by atomic mass is 35.5. The van der Waals surface area contributed by atoms with Crippen LogP contribution in [0.4, 0.5) is 4.39 Å². The van der Waals surface area contributed by atoms with E-state index in [0.717, 1.165) is 30.0 Å². The van der Waals surface area contributed by atoms with Crippen LogP contribution in [-0.2, 0) is 4.43 Å². The Morgan fingerprint density at radius 2 is 1.78 bits per heavy atom. The van der Waals surface area contributed by atoms with Crippen molar-refractivity contribution in [2.75, 3.05) is 6.54 Å². The highest BCUT2D eigenvalue weighted by Crippen LogP contribution is 2.66. The fourth-order valence-corrected chi connectivity index (χ4v) is 8.36. The molecule has 152 valence electrons. The first-order chi connectivity index (χ1) is 12.8. The minimum Gasteiger partial charge on any atom is -0.408 e. The molecule has 3 unspecified atom stereocenters. The molecule has 2 aliphatic carbocycles. The molecule has 3 atom stereocenters. The lowest BCUT2D eigenvalue weighted by molar-refractivity contribution is 0.174. The van der Waals surface area contributed by atoms with Gasteiger partial charge in [-0.25, -0.2) is 4.39 Å². The van der Waals surface area contributed by atoms with Crippen LogP contribution in [0.25, 0.3) is 0 Å². The van der Waals surface area contributed by atoms with Crippen molar-refractivity contribution in [1.29, 1.82) is 0 Å². The second-order valence-electron chi connectivity index (χ2n) is 9.10. The molecule has 0 spiro atoms. The molecule has 0 amide bonds. The number of fused-ring (bicyclic) bond motifs is 1. The molecule has 1 N–H and O–H groups in total. The quantitative estimate of drug-likeness (QED) is 0.464. The van der Waals surface area contributed by atoms with Crippen molar-refractivity contribution < 1.29 is 8.82 Å². The van der Waals surface area contributed by atoms with Crippen molar-refractivity contribution in [3.8, 4) is 0 Å². The van der Waals surface area contributed by atoms with Gasteiger partial charge in [0.15, 0.2) is 8.32 Å². The summed E-state index contributed by atoms with van der Waals surface area (Å²) in [5.74, 6) is 1.44. The highest BCUT2D eigenvalue weighted by molar-refractivity contribution is 6.73. The molecule has 0 aromatic heterocycles. The lowest BCUT2D eigenvalue weighted by atomic mass is 9.97. The van der Waals surface area contributed by atoms with Gasteiger partial charge in [0, 0.05) is 23.2 Å². The molecule has 0 heterocycles.